The molecule has 132 valence electrons. The van der Waals surface area contributed by atoms with Crippen molar-refractivity contribution in [3.63, 3.8) is 0 Å². The molecule has 0 aliphatic carbocycles. The van der Waals surface area contributed by atoms with Crippen LogP contribution in [0.1, 0.15) is 40.5 Å². The van der Waals surface area contributed by atoms with E-state index in [9.17, 15) is 14.4 Å². The molecule has 1 heterocycles. The van der Waals surface area contributed by atoms with Gasteiger partial charge < -0.3 is 25.2 Å². The Morgan fingerprint density at radius 3 is 2.30 bits per heavy atom. The first kappa shape index (κ1) is 19.4. The summed E-state index contributed by atoms with van der Waals surface area (Å²) >= 11 is 0. The predicted octanol–water partition coefficient (Wildman–Crippen LogP) is 0.261. The molecule has 0 spiro atoms. The fraction of sp³-hybridized carbons (Fsp3) is 0.800. The number of ether oxygens (including phenoxy) is 2. The number of carboxylic acid groups (broad SMARTS) is 1. The number of carbonyl (C=O) groups is 3. The molecule has 1 saturated heterocycles. The van der Waals surface area contributed by atoms with Crippen LogP contribution < -0.4 is 10.6 Å². The maximum absolute atomic E-state index is 12.3. The van der Waals surface area contributed by atoms with Crippen LogP contribution in [0, 0.1) is 5.41 Å². The van der Waals surface area contributed by atoms with Gasteiger partial charge in [-0.3, -0.25) is 14.4 Å². The molecule has 23 heavy (non-hydrogen) atoms. The van der Waals surface area contributed by atoms with E-state index in [1.165, 1.54) is 0 Å². The van der Waals surface area contributed by atoms with Crippen LogP contribution in [0.5, 0.6) is 0 Å². The summed E-state index contributed by atoms with van der Waals surface area (Å²) in [5.74, 6) is -2.39. The average Bonchev–Trinajstić information content (AvgIpc) is 2.41. The molecule has 2 amide bonds. The first-order chi connectivity index (χ1) is 10.5. The highest BCUT2D eigenvalue weighted by Crippen LogP contribution is 2.34. The molecule has 0 aromatic carbocycles. The molecule has 0 bridgehead atoms. The first-order valence-corrected chi connectivity index (χ1v) is 7.61. The molecule has 0 aromatic rings. The lowest BCUT2D eigenvalue weighted by Gasteiger charge is -2.44. The number of carboxylic acids is 1. The largest absolute Gasteiger partial charge is 0.481 e. The van der Waals surface area contributed by atoms with Crippen LogP contribution in [0.15, 0.2) is 0 Å². The lowest BCUT2D eigenvalue weighted by Crippen LogP contribution is -2.56. The highest BCUT2D eigenvalue weighted by atomic mass is 16.7. The number of hydrogen-bond donors (Lipinski definition) is 3. The van der Waals surface area contributed by atoms with Crippen LogP contribution in [0.25, 0.3) is 0 Å². The fourth-order valence-corrected chi connectivity index (χ4v) is 2.11. The zero-order valence-electron chi connectivity index (χ0n) is 14.1. The van der Waals surface area contributed by atoms with Gasteiger partial charge in [-0.15, -0.1) is 0 Å². The van der Waals surface area contributed by atoms with Gasteiger partial charge in [0.1, 0.15) is 6.10 Å². The van der Waals surface area contributed by atoms with Crippen molar-refractivity contribution in [1.29, 1.82) is 0 Å². The molecule has 1 rings (SSSR count). The van der Waals surface area contributed by atoms with Crippen molar-refractivity contribution in [2.75, 3.05) is 19.7 Å². The van der Waals surface area contributed by atoms with Crippen LogP contribution in [0.4, 0.5) is 0 Å². The highest BCUT2D eigenvalue weighted by molar-refractivity contribution is 5.83. The van der Waals surface area contributed by atoms with Gasteiger partial charge in [-0.25, -0.2) is 0 Å². The molecular formula is C15H26N2O6. The van der Waals surface area contributed by atoms with E-state index in [4.69, 9.17) is 14.6 Å². The SMILES string of the molecule is CC1(C)OCC(C)(C)[C@H](C(=O)NCCC(=O)NCCC(=O)O)O1. The Balaban J connectivity index is 2.37. The number of carbonyl (C=O) groups excluding carboxylic acids is 2. The Hall–Kier alpha value is -1.67. The Labute approximate surface area is 135 Å². The quantitative estimate of drug-likeness (QED) is 0.617. The molecule has 1 fully saturated rings. The monoisotopic (exact) mass is 330 g/mol. The van der Waals surface area contributed by atoms with Crippen LogP contribution in [0.3, 0.4) is 0 Å². The van der Waals surface area contributed by atoms with Gasteiger partial charge in [-0.05, 0) is 13.8 Å². The Morgan fingerprint density at radius 2 is 1.70 bits per heavy atom. The molecule has 3 N–H and O–H groups in total. The van der Waals surface area contributed by atoms with Gasteiger partial charge in [0.15, 0.2) is 5.79 Å². The summed E-state index contributed by atoms with van der Waals surface area (Å²) in [6.45, 7) is 7.89. The van der Waals surface area contributed by atoms with Crippen molar-refractivity contribution in [2.24, 2.45) is 5.41 Å². The first-order valence-electron chi connectivity index (χ1n) is 7.61. The summed E-state index contributed by atoms with van der Waals surface area (Å²) in [6, 6.07) is 0. The van der Waals surface area contributed by atoms with Crippen molar-refractivity contribution >= 4 is 17.8 Å². The molecule has 0 saturated carbocycles. The van der Waals surface area contributed by atoms with E-state index in [0.717, 1.165) is 0 Å². The topological polar surface area (TPSA) is 114 Å². The molecule has 8 heteroatoms. The minimum atomic E-state index is -0.972. The Kier molecular flexibility index (Phi) is 6.52. The molecule has 0 aromatic heterocycles. The summed E-state index contributed by atoms with van der Waals surface area (Å²) in [4.78, 5) is 34.1. The van der Waals surface area contributed by atoms with E-state index in [-0.39, 0.29) is 37.7 Å². The normalized spacial score (nSPS) is 22.2. The minimum Gasteiger partial charge on any atom is -0.481 e. The second-order valence-corrected chi connectivity index (χ2v) is 6.71. The predicted molar refractivity (Wildman–Crippen MR) is 81.6 cm³/mol. The molecule has 1 aliphatic heterocycles. The zero-order chi connectivity index (χ0) is 17.7. The number of hydrogen-bond acceptors (Lipinski definition) is 5. The Morgan fingerprint density at radius 1 is 1.09 bits per heavy atom. The molecule has 0 unspecified atom stereocenters. The number of nitrogens with one attached hydrogen (secondary N) is 2. The van der Waals surface area contributed by atoms with Crippen molar-refractivity contribution in [1.82, 2.24) is 10.6 Å². The third-order valence-electron chi connectivity index (χ3n) is 3.45. The van der Waals surface area contributed by atoms with E-state index in [1.54, 1.807) is 13.8 Å². The van der Waals surface area contributed by atoms with Gasteiger partial charge in [0.2, 0.25) is 11.8 Å². The van der Waals surface area contributed by atoms with Gasteiger partial charge in [0, 0.05) is 24.9 Å². The van der Waals surface area contributed by atoms with Gasteiger partial charge in [-0.2, -0.15) is 0 Å². The van der Waals surface area contributed by atoms with E-state index in [2.05, 4.69) is 10.6 Å². The molecule has 1 aliphatic rings. The summed E-state index contributed by atoms with van der Waals surface area (Å²) in [7, 11) is 0. The van der Waals surface area contributed by atoms with E-state index in [0.29, 0.717) is 6.61 Å². The van der Waals surface area contributed by atoms with Crippen molar-refractivity contribution in [3.8, 4) is 0 Å². The summed E-state index contributed by atoms with van der Waals surface area (Å²) in [5.41, 5.74) is -0.469. The minimum absolute atomic E-state index is 0.0758. The van der Waals surface area contributed by atoms with Crippen LogP contribution in [-0.2, 0) is 23.9 Å². The molecule has 1 atom stereocenters. The van der Waals surface area contributed by atoms with Crippen LogP contribution >= 0.6 is 0 Å². The second-order valence-electron chi connectivity index (χ2n) is 6.71. The van der Waals surface area contributed by atoms with Crippen molar-refractivity contribution in [2.45, 2.75) is 52.4 Å². The average molecular weight is 330 g/mol. The molecular weight excluding hydrogens is 304 g/mol. The number of amides is 2. The summed E-state index contributed by atoms with van der Waals surface area (Å²) < 4.78 is 11.3. The Bertz CT molecular complexity index is 461. The highest BCUT2D eigenvalue weighted by Gasteiger charge is 2.45. The summed E-state index contributed by atoms with van der Waals surface area (Å²) in [5, 5.41) is 13.6. The maximum atomic E-state index is 12.3. The van der Waals surface area contributed by atoms with Crippen LogP contribution in [0.2, 0.25) is 0 Å². The zero-order valence-corrected chi connectivity index (χ0v) is 14.1. The second kappa shape index (κ2) is 7.74. The molecule has 0 radical (unpaired) electrons. The van der Waals surface area contributed by atoms with E-state index in [1.807, 2.05) is 13.8 Å². The lowest BCUT2D eigenvalue weighted by atomic mass is 9.85. The van der Waals surface area contributed by atoms with Gasteiger partial charge in [0.05, 0.1) is 13.0 Å². The van der Waals surface area contributed by atoms with Crippen molar-refractivity contribution in [3.05, 3.63) is 0 Å². The van der Waals surface area contributed by atoms with Gasteiger partial charge >= 0.3 is 5.97 Å². The summed E-state index contributed by atoms with van der Waals surface area (Å²) in [6.07, 6.45) is -0.711. The van der Waals surface area contributed by atoms with E-state index < -0.39 is 23.3 Å². The lowest BCUT2D eigenvalue weighted by molar-refractivity contribution is -0.304. The van der Waals surface area contributed by atoms with E-state index >= 15 is 0 Å². The number of rotatable bonds is 7. The van der Waals surface area contributed by atoms with Gasteiger partial charge in [-0.1, -0.05) is 13.8 Å². The molecule has 8 nitrogen and oxygen atoms in total. The third-order valence-corrected chi connectivity index (χ3v) is 3.45. The smallest absolute Gasteiger partial charge is 0.305 e. The fourth-order valence-electron chi connectivity index (χ4n) is 2.11. The third kappa shape index (κ3) is 6.54. The maximum Gasteiger partial charge on any atom is 0.305 e. The number of aliphatic carboxylic acids is 1. The van der Waals surface area contributed by atoms with Gasteiger partial charge in [0.25, 0.3) is 0 Å². The van der Waals surface area contributed by atoms with Crippen molar-refractivity contribution < 1.29 is 29.0 Å². The van der Waals surface area contributed by atoms with Crippen LogP contribution in [-0.4, -0.2) is 54.5 Å². The standard InChI is InChI=1S/C15H26N2O6/c1-14(2)9-22-15(3,4)23-12(14)13(21)17-7-5-10(18)16-8-6-11(19)20/h12H,5-9H2,1-4H3,(H,16,18)(H,17,21)(H,19,20)/t12-/m0/s1.